The van der Waals surface area contributed by atoms with E-state index in [1.54, 1.807) is 11.0 Å². The summed E-state index contributed by atoms with van der Waals surface area (Å²) in [4.78, 5) is 15.2. The fourth-order valence-electron chi connectivity index (χ4n) is 4.19. The normalized spacial score (nSPS) is 19.6. The maximum atomic E-state index is 15.2. The number of rotatable bonds is 3. The van der Waals surface area contributed by atoms with E-state index in [9.17, 15) is 13.2 Å². The molecule has 30 heavy (non-hydrogen) atoms. The molecule has 6 nitrogen and oxygen atoms in total. The highest BCUT2D eigenvalue weighted by Gasteiger charge is 2.41. The van der Waals surface area contributed by atoms with Crippen molar-refractivity contribution in [1.82, 2.24) is 0 Å². The summed E-state index contributed by atoms with van der Waals surface area (Å²) in [5.74, 6) is -1.55. The Bertz CT molecular complexity index is 1190. The molecule has 0 unspecified atom stereocenters. The summed E-state index contributed by atoms with van der Waals surface area (Å²) < 4.78 is 45.9. The molecule has 3 aliphatic rings. The number of esters is 1. The zero-order valence-electron chi connectivity index (χ0n) is 16.5. The minimum atomic E-state index is -4.17. The molecule has 0 atom stereocenters. The Morgan fingerprint density at radius 1 is 1.13 bits per heavy atom. The van der Waals surface area contributed by atoms with Crippen LogP contribution in [-0.2, 0) is 32.3 Å². The molecule has 156 valence electrons. The van der Waals surface area contributed by atoms with Gasteiger partial charge in [-0.15, -0.1) is 0 Å². The predicted molar refractivity (Wildman–Crippen MR) is 110 cm³/mol. The first-order chi connectivity index (χ1) is 14.4. The number of anilines is 2. The second-order valence-corrected chi connectivity index (χ2v) is 9.72. The van der Waals surface area contributed by atoms with Crippen LogP contribution in [0.1, 0.15) is 24.0 Å². The summed E-state index contributed by atoms with van der Waals surface area (Å²) >= 11 is 0. The standard InChI is InChI=1S/C22H21FN2O4S/c1-29-22(26)21-13-25(16-6-7-16)19-11-18(17(23)10-20(19)30(21,27)28)24-9-8-14-4-2-3-5-15(14)12-24/h2-5,10-11,13,16H,6-9,12H2,1H3. The first kappa shape index (κ1) is 19.1. The Hall–Kier alpha value is -2.87. The van der Waals surface area contributed by atoms with Crippen molar-refractivity contribution in [3.05, 3.63) is 64.4 Å². The lowest BCUT2D eigenvalue weighted by molar-refractivity contribution is -0.135. The van der Waals surface area contributed by atoms with E-state index in [4.69, 9.17) is 0 Å². The smallest absolute Gasteiger partial charge is 0.351 e. The van der Waals surface area contributed by atoms with Gasteiger partial charge in [0.05, 0.1) is 23.4 Å². The van der Waals surface area contributed by atoms with Crippen molar-refractivity contribution in [2.24, 2.45) is 0 Å². The average Bonchev–Trinajstić information content (AvgIpc) is 3.58. The molecule has 1 saturated carbocycles. The zero-order valence-corrected chi connectivity index (χ0v) is 17.3. The third kappa shape index (κ3) is 2.98. The summed E-state index contributed by atoms with van der Waals surface area (Å²) in [6.45, 7) is 1.21. The SMILES string of the molecule is COC(=O)C1=CN(C2CC2)c2cc(N3CCc4ccccc4C3)c(F)cc2S1(=O)=O. The fourth-order valence-corrected chi connectivity index (χ4v) is 5.69. The zero-order chi connectivity index (χ0) is 21.0. The molecule has 2 heterocycles. The van der Waals surface area contributed by atoms with Crippen LogP contribution in [0.25, 0.3) is 0 Å². The van der Waals surface area contributed by atoms with Crippen molar-refractivity contribution >= 4 is 27.2 Å². The summed E-state index contributed by atoms with van der Waals surface area (Å²) in [6.07, 6.45) is 3.90. The molecule has 2 aromatic rings. The Morgan fingerprint density at radius 2 is 1.87 bits per heavy atom. The van der Waals surface area contributed by atoms with E-state index >= 15 is 4.39 Å². The molecule has 2 aliphatic heterocycles. The van der Waals surface area contributed by atoms with Crippen LogP contribution in [0.5, 0.6) is 0 Å². The Kier molecular flexibility index (Phi) is 4.36. The molecular formula is C22H21FN2O4S. The summed E-state index contributed by atoms with van der Waals surface area (Å²) in [5, 5.41) is 0. The quantitative estimate of drug-likeness (QED) is 0.700. The van der Waals surface area contributed by atoms with Gasteiger partial charge in [0.1, 0.15) is 5.82 Å². The minimum Gasteiger partial charge on any atom is -0.465 e. The van der Waals surface area contributed by atoms with Gasteiger partial charge in [-0.1, -0.05) is 24.3 Å². The van der Waals surface area contributed by atoms with E-state index in [2.05, 4.69) is 10.8 Å². The topological polar surface area (TPSA) is 66.9 Å². The monoisotopic (exact) mass is 428 g/mol. The highest BCUT2D eigenvalue weighted by atomic mass is 32.2. The number of methoxy groups -OCH3 is 1. The summed E-state index contributed by atoms with van der Waals surface area (Å²) in [6, 6.07) is 10.8. The molecule has 0 aromatic heterocycles. The number of fused-ring (bicyclic) bond motifs is 2. The maximum absolute atomic E-state index is 15.2. The number of halogens is 1. The lowest BCUT2D eigenvalue weighted by Crippen LogP contribution is -2.33. The number of benzene rings is 2. The molecule has 0 saturated heterocycles. The number of hydrogen-bond donors (Lipinski definition) is 0. The third-order valence-electron chi connectivity index (χ3n) is 5.94. The molecule has 0 radical (unpaired) electrons. The lowest BCUT2D eigenvalue weighted by atomic mass is 9.99. The van der Waals surface area contributed by atoms with Gasteiger partial charge in [0.15, 0.2) is 4.91 Å². The molecular weight excluding hydrogens is 407 g/mol. The molecule has 0 spiro atoms. The van der Waals surface area contributed by atoms with Gasteiger partial charge >= 0.3 is 5.97 Å². The van der Waals surface area contributed by atoms with Crippen LogP contribution in [0.2, 0.25) is 0 Å². The molecule has 1 aliphatic carbocycles. The summed E-state index contributed by atoms with van der Waals surface area (Å²) in [5.41, 5.74) is 3.18. The average molecular weight is 428 g/mol. The number of hydrogen-bond acceptors (Lipinski definition) is 6. The van der Waals surface area contributed by atoms with Crippen LogP contribution >= 0.6 is 0 Å². The fraction of sp³-hybridized carbons (Fsp3) is 0.318. The second kappa shape index (κ2) is 6.84. The molecule has 0 bridgehead atoms. The molecule has 8 heteroatoms. The predicted octanol–water partition coefficient (Wildman–Crippen LogP) is 3.16. The second-order valence-electron chi connectivity index (χ2n) is 7.84. The van der Waals surface area contributed by atoms with Crippen LogP contribution in [0, 0.1) is 5.82 Å². The summed E-state index contributed by atoms with van der Waals surface area (Å²) in [7, 11) is -3.03. The van der Waals surface area contributed by atoms with Crippen LogP contribution in [0.15, 0.2) is 52.4 Å². The van der Waals surface area contributed by atoms with Gasteiger partial charge in [-0.2, -0.15) is 0 Å². The van der Waals surface area contributed by atoms with Gasteiger partial charge in [-0.3, -0.25) is 0 Å². The molecule has 0 amide bonds. The van der Waals surface area contributed by atoms with Gasteiger partial charge in [0.2, 0.25) is 9.84 Å². The largest absolute Gasteiger partial charge is 0.465 e. The molecule has 5 rings (SSSR count). The number of carbonyl (C=O) groups excluding carboxylic acids is 1. The first-order valence-electron chi connectivity index (χ1n) is 9.89. The molecule has 1 fully saturated rings. The number of carbonyl (C=O) groups is 1. The van der Waals surface area contributed by atoms with E-state index < -0.39 is 26.5 Å². The molecule has 2 aromatic carbocycles. The van der Waals surface area contributed by atoms with E-state index in [1.165, 1.54) is 11.8 Å². The third-order valence-corrected chi connectivity index (χ3v) is 7.70. The van der Waals surface area contributed by atoms with E-state index in [1.807, 2.05) is 23.1 Å². The van der Waals surface area contributed by atoms with E-state index in [0.717, 1.165) is 38.0 Å². The van der Waals surface area contributed by atoms with Gasteiger partial charge in [-0.05, 0) is 42.5 Å². The highest BCUT2D eigenvalue weighted by Crippen LogP contribution is 2.44. The van der Waals surface area contributed by atoms with Crippen molar-refractivity contribution < 1.29 is 22.3 Å². The van der Waals surface area contributed by atoms with Gasteiger partial charge in [0.25, 0.3) is 0 Å². The van der Waals surface area contributed by atoms with Crippen LogP contribution < -0.4 is 9.80 Å². The van der Waals surface area contributed by atoms with Crippen molar-refractivity contribution in [3.63, 3.8) is 0 Å². The Morgan fingerprint density at radius 3 is 2.57 bits per heavy atom. The van der Waals surface area contributed by atoms with Crippen LogP contribution in [0.3, 0.4) is 0 Å². The first-order valence-corrected chi connectivity index (χ1v) is 11.4. The van der Waals surface area contributed by atoms with Crippen LogP contribution in [-0.4, -0.2) is 34.1 Å². The minimum absolute atomic E-state index is 0.0966. The van der Waals surface area contributed by atoms with Crippen molar-refractivity contribution in [1.29, 1.82) is 0 Å². The van der Waals surface area contributed by atoms with Crippen molar-refractivity contribution in [3.8, 4) is 0 Å². The number of nitrogens with zero attached hydrogens (tertiary/aromatic N) is 2. The van der Waals surface area contributed by atoms with Crippen molar-refractivity contribution in [2.45, 2.75) is 36.7 Å². The number of sulfone groups is 1. The Balaban J connectivity index is 1.60. The van der Waals surface area contributed by atoms with Gasteiger partial charge < -0.3 is 14.5 Å². The number of ether oxygens (including phenoxy) is 1. The van der Waals surface area contributed by atoms with Crippen LogP contribution in [0.4, 0.5) is 15.8 Å². The highest BCUT2D eigenvalue weighted by molar-refractivity contribution is 7.96. The van der Waals surface area contributed by atoms with Crippen molar-refractivity contribution in [2.75, 3.05) is 23.5 Å². The van der Waals surface area contributed by atoms with Gasteiger partial charge in [0, 0.05) is 25.3 Å². The van der Waals surface area contributed by atoms with E-state index in [0.29, 0.717) is 24.5 Å². The lowest BCUT2D eigenvalue weighted by Gasteiger charge is -2.34. The molecule has 0 N–H and O–H groups in total. The maximum Gasteiger partial charge on any atom is 0.351 e. The Labute approximate surface area is 174 Å². The van der Waals surface area contributed by atoms with Gasteiger partial charge in [-0.25, -0.2) is 17.6 Å². The van der Waals surface area contributed by atoms with E-state index in [-0.39, 0.29) is 10.9 Å².